The van der Waals surface area contributed by atoms with E-state index >= 15 is 0 Å². The van der Waals surface area contributed by atoms with Crippen molar-refractivity contribution in [2.45, 2.75) is 37.5 Å². The summed E-state index contributed by atoms with van der Waals surface area (Å²) in [5.41, 5.74) is -3.80. The molecule has 0 saturated heterocycles. The van der Waals surface area contributed by atoms with E-state index < -0.39 is 36.0 Å². The Bertz CT molecular complexity index is 1250. The number of thiophene rings is 1. The molecule has 192 valence electrons. The summed E-state index contributed by atoms with van der Waals surface area (Å²) in [5.74, 6) is -1.30. The maximum absolute atomic E-state index is 14.4. The lowest BCUT2D eigenvalue weighted by Gasteiger charge is -2.44. The summed E-state index contributed by atoms with van der Waals surface area (Å²) in [7, 11) is 0. The van der Waals surface area contributed by atoms with Crippen molar-refractivity contribution in [1.82, 2.24) is 0 Å². The lowest BCUT2D eigenvalue weighted by Crippen LogP contribution is -2.58. The number of hydrogen-bond donors (Lipinski definition) is 2. The molecule has 10 heteroatoms. The third kappa shape index (κ3) is 4.92. The zero-order chi connectivity index (χ0) is 26.3. The fourth-order valence-electron chi connectivity index (χ4n) is 4.77. The topological polar surface area (TPSA) is 64.0 Å². The van der Waals surface area contributed by atoms with Gasteiger partial charge in [0, 0.05) is 18.7 Å². The number of phenols is 1. The van der Waals surface area contributed by atoms with Crippen LogP contribution in [0.1, 0.15) is 35.5 Å². The summed E-state index contributed by atoms with van der Waals surface area (Å²) < 4.78 is 57.0. The predicted octanol–water partition coefficient (Wildman–Crippen LogP) is 5.72. The third-order valence-electron chi connectivity index (χ3n) is 6.49. The standard InChI is InChI=1S/C26H26F4N2O3S/c1-24(2,18-14-17(27)9-10-21(18)33)15-25(35,26(28,29)30)16-31-11-12-32(20-7-4-3-6-19(20)31)23(34)22-8-5-13-36-22/h3-10,13-14,33,35H,11-12,15-16H2,1-2H3. The van der Waals surface area contributed by atoms with Crippen LogP contribution in [-0.4, -0.2) is 47.5 Å². The number of carbonyl (C=O) groups excluding carboxylic acids is 1. The van der Waals surface area contributed by atoms with Crippen molar-refractivity contribution in [3.05, 3.63) is 76.2 Å². The molecule has 36 heavy (non-hydrogen) atoms. The van der Waals surface area contributed by atoms with E-state index in [1.807, 2.05) is 0 Å². The highest BCUT2D eigenvalue weighted by Crippen LogP contribution is 2.45. The van der Waals surface area contributed by atoms with Crippen LogP contribution in [0, 0.1) is 5.82 Å². The molecule has 5 nitrogen and oxygen atoms in total. The van der Waals surface area contributed by atoms with Crippen LogP contribution in [0.3, 0.4) is 0 Å². The first-order valence-corrected chi connectivity index (χ1v) is 12.2. The van der Waals surface area contributed by atoms with Gasteiger partial charge in [0.05, 0.1) is 22.8 Å². The smallest absolute Gasteiger partial charge is 0.418 e. The molecular weight excluding hydrogens is 496 g/mol. The summed E-state index contributed by atoms with van der Waals surface area (Å²) >= 11 is 1.28. The average molecular weight is 523 g/mol. The molecule has 2 heterocycles. The highest BCUT2D eigenvalue weighted by molar-refractivity contribution is 7.12. The SMILES string of the molecule is CC(C)(CC(O)(CN1CCN(C(=O)c2cccs2)c2ccccc21)C(F)(F)F)c1cc(F)ccc1O. The Morgan fingerprint density at radius 1 is 1.03 bits per heavy atom. The number of halogens is 4. The van der Waals surface area contributed by atoms with Gasteiger partial charge in [-0.2, -0.15) is 13.2 Å². The van der Waals surface area contributed by atoms with E-state index in [4.69, 9.17) is 0 Å². The molecule has 1 aromatic heterocycles. The summed E-state index contributed by atoms with van der Waals surface area (Å²) in [6, 6.07) is 13.2. The van der Waals surface area contributed by atoms with Crippen LogP contribution < -0.4 is 9.80 Å². The summed E-state index contributed by atoms with van der Waals surface area (Å²) in [5, 5.41) is 23.1. The second-order valence-electron chi connectivity index (χ2n) is 9.60. The molecule has 0 fully saturated rings. The Morgan fingerprint density at radius 2 is 1.72 bits per heavy atom. The third-order valence-corrected chi connectivity index (χ3v) is 7.34. The van der Waals surface area contributed by atoms with Crippen molar-refractivity contribution in [3.8, 4) is 5.75 Å². The van der Waals surface area contributed by atoms with Crippen molar-refractivity contribution in [1.29, 1.82) is 0 Å². The van der Waals surface area contributed by atoms with Gasteiger partial charge in [0.2, 0.25) is 0 Å². The molecule has 0 saturated carbocycles. The summed E-state index contributed by atoms with van der Waals surface area (Å²) in [4.78, 5) is 16.5. The first-order valence-electron chi connectivity index (χ1n) is 11.3. The molecule has 2 N–H and O–H groups in total. The number of amides is 1. The van der Waals surface area contributed by atoms with Gasteiger partial charge in [0.15, 0.2) is 5.60 Å². The summed E-state index contributed by atoms with van der Waals surface area (Å²) in [6.45, 7) is 2.25. The molecule has 1 unspecified atom stereocenters. The second kappa shape index (κ2) is 9.40. The average Bonchev–Trinajstić information content (AvgIpc) is 3.34. The van der Waals surface area contributed by atoms with E-state index in [0.717, 1.165) is 18.2 Å². The molecule has 2 aromatic carbocycles. The van der Waals surface area contributed by atoms with Crippen LogP contribution in [0.5, 0.6) is 5.75 Å². The molecule has 0 aliphatic carbocycles. The number of hydrogen-bond acceptors (Lipinski definition) is 5. The van der Waals surface area contributed by atoms with Gasteiger partial charge in [0.25, 0.3) is 5.91 Å². The maximum atomic E-state index is 14.4. The van der Waals surface area contributed by atoms with Crippen molar-refractivity contribution in [2.75, 3.05) is 29.4 Å². The number of phenolic OH excluding ortho intramolecular Hbond substituents is 1. The number of alkyl halides is 3. The molecule has 1 aliphatic heterocycles. The van der Waals surface area contributed by atoms with Crippen LogP contribution in [0.4, 0.5) is 28.9 Å². The molecular formula is C26H26F4N2O3S. The monoisotopic (exact) mass is 522 g/mol. The van der Waals surface area contributed by atoms with Gasteiger partial charge in [-0.25, -0.2) is 4.39 Å². The van der Waals surface area contributed by atoms with Crippen molar-refractivity contribution in [2.24, 2.45) is 0 Å². The van der Waals surface area contributed by atoms with E-state index in [1.165, 1.54) is 35.0 Å². The zero-order valence-electron chi connectivity index (χ0n) is 19.7. The number of nitrogens with zero attached hydrogens (tertiary/aromatic N) is 2. The lowest BCUT2D eigenvalue weighted by atomic mass is 9.74. The number of rotatable bonds is 6. The molecule has 0 bridgehead atoms. The minimum atomic E-state index is -5.02. The number of anilines is 2. The van der Waals surface area contributed by atoms with Gasteiger partial charge in [-0.15, -0.1) is 11.3 Å². The molecule has 1 aliphatic rings. The van der Waals surface area contributed by atoms with Crippen molar-refractivity contribution in [3.63, 3.8) is 0 Å². The first kappa shape index (κ1) is 26.0. The van der Waals surface area contributed by atoms with Crippen LogP contribution in [-0.2, 0) is 5.41 Å². The number of benzene rings is 2. The van der Waals surface area contributed by atoms with E-state index in [-0.39, 0.29) is 30.3 Å². The van der Waals surface area contributed by atoms with Crippen molar-refractivity contribution < 1.29 is 32.6 Å². The minimum Gasteiger partial charge on any atom is -0.508 e. The fraction of sp³-hybridized carbons (Fsp3) is 0.346. The molecule has 0 spiro atoms. The number of aliphatic hydroxyl groups is 1. The fourth-order valence-corrected chi connectivity index (χ4v) is 5.44. The van der Waals surface area contributed by atoms with Gasteiger partial charge < -0.3 is 20.0 Å². The minimum absolute atomic E-state index is 0.0306. The van der Waals surface area contributed by atoms with Gasteiger partial charge in [0.1, 0.15) is 11.6 Å². The van der Waals surface area contributed by atoms with Crippen molar-refractivity contribution >= 4 is 28.6 Å². The molecule has 1 amide bonds. The second-order valence-corrected chi connectivity index (χ2v) is 10.5. The number of carbonyl (C=O) groups is 1. The van der Waals surface area contributed by atoms with Gasteiger partial charge >= 0.3 is 6.18 Å². The van der Waals surface area contributed by atoms with E-state index in [2.05, 4.69) is 0 Å². The molecule has 3 aromatic rings. The zero-order valence-corrected chi connectivity index (χ0v) is 20.5. The predicted molar refractivity (Wildman–Crippen MR) is 131 cm³/mol. The number of para-hydroxylation sites is 2. The highest BCUT2D eigenvalue weighted by Gasteiger charge is 2.57. The van der Waals surface area contributed by atoms with Crippen LogP contribution in [0.15, 0.2) is 60.0 Å². The van der Waals surface area contributed by atoms with E-state index in [0.29, 0.717) is 16.3 Å². The molecule has 1 atom stereocenters. The van der Waals surface area contributed by atoms with Crippen LogP contribution in [0.25, 0.3) is 0 Å². The Morgan fingerprint density at radius 3 is 2.36 bits per heavy atom. The lowest BCUT2D eigenvalue weighted by molar-refractivity contribution is -0.262. The number of β-amino-alcohol motifs (C(OH)–C–C–N with tert-alkyl or cyclic N) is 1. The quantitative estimate of drug-likeness (QED) is 0.407. The Hall–Kier alpha value is -3.11. The first-order chi connectivity index (χ1) is 16.8. The van der Waals surface area contributed by atoms with Gasteiger partial charge in [-0.1, -0.05) is 32.0 Å². The van der Waals surface area contributed by atoms with Crippen LogP contribution >= 0.6 is 11.3 Å². The molecule has 0 radical (unpaired) electrons. The largest absolute Gasteiger partial charge is 0.508 e. The van der Waals surface area contributed by atoms with E-state index in [9.17, 15) is 32.6 Å². The Balaban J connectivity index is 1.66. The van der Waals surface area contributed by atoms with E-state index in [1.54, 1.807) is 41.8 Å². The molecule has 4 rings (SSSR count). The highest BCUT2D eigenvalue weighted by atomic mass is 32.1. The Kier molecular flexibility index (Phi) is 6.78. The van der Waals surface area contributed by atoms with Gasteiger partial charge in [-0.3, -0.25) is 4.79 Å². The summed E-state index contributed by atoms with van der Waals surface area (Å²) in [6.07, 6.45) is -5.84. The van der Waals surface area contributed by atoms with Gasteiger partial charge in [-0.05, 0) is 53.6 Å². The number of aromatic hydroxyl groups is 1. The normalized spacial score (nSPS) is 16.0. The van der Waals surface area contributed by atoms with Crippen LogP contribution in [0.2, 0.25) is 0 Å². The number of fused-ring (bicyclic) bond motifs is 1. The Labute approximate surface area is 210 Å². The maximum Gasteiger partial charge on any atom is 0.418 e.